The van der Waals surface area contributed by atoms with Gasteiger partial charge in [0.15, 0.2) is 11.5 Å². The lowest BCUT2D eigenvalue weighted by atomic mass is 10.1. The molecule has 0 atom stereocenters. The predicted molar refractivity (Wildman–Crippen MR) is 122 cm³/mol. The molecule has 176 valence electrons. The summed E-state index contributed by atoms with van der Waals surface area (Å²) < 4.78 is 42.6. The molecule has 1 aliphatic heterocycles. The van der Waals surface area contributed by atoms with Crippen molar-refractivity contribution in [2.24, 2.45) is 0 Å². The molecule has 1 heterocycles. The molecule has 10 heteroatoms. The van der Waals surface area contributed by atoms with Gasteiger partial charge in [0.2, 0.25) is 11.7 Å². The van der Waals surface area contributed by atoms with Crippen LogP contribution in [0, 0.1) is 6.92 Å². The molecule has 0 fully saturated rings. The molecule has 0 saturated carbocycles. The van der Waals surface area contributed by atoms with E-state index in [1.807, 2.05) is 6.92 Å². The van der Waals surface area contributed by atoms with Crippen LogP contribution < -0.4 is 19.5 Å². The number of hydrogen-bond donors (Lipinski definition) is 1. The van der Waals surface area contributed by atoms with Crippen molar-refractivity contribution in [2.75, 3.05) is 27.9 Å². The number of aryl methyl sites for hydroxylation is 1. The second kappa shape index (κ2) is 9.53. The van der Waals surface area contributed by atoms with Crippen molar-refractivity contribution < 1.29 is 32.2 Å². The van der Waals surface area contributed by atoms with Crippen LogP contribution in [0.4, 0.5) is 0 Å². The van der Waals surface area contributed by atoms with Crippen LogP contribution in [0.15, 0.2) is 42.0 Å². The summed E-state index contributed by atoms with van der Waals surface area (Å²) in [6.07, 6.45) is 0. The van der Waals surface area contributed by atoms with E-state index in [-0.39, 0.29) is 17.0 Å². The lowest BCUT2D eigenvalue weighted by Gasteiger charge is -2.17. The number of nitrogens with one attached hydrogen (secondary N) is 1. The zero-order valence-corrected chi connectivity index (χ0v) is 19.9. The Morgan fingerprint density at radius 3 is 2.06 bits per heavy atom. The summed E-state index contributed by atoms with van der Waals surface area (Å²) in [5, 5.41) is 2.63. The van der Waals surface area contributed by atoms with E-state index in [1.54, 1.807) is 36.4 Å². The number of carbonyl (C=O) groups excluding carboxylic acids is 2. The summed E-state index contributed by atoms with van der Waals surface area (Å²) in [6.45, 7) is 2.76. The van der Waals surface area contributed by atoms with Gasteiger partial charge >= 0.3 is 0 Å². The van der Waals surface area contributed by atoms with Gasteiger partial charge in [-0.3, -0.25) is 9.59 Å². The molecule has 2 amide bonds. The first-order valence-electron chi connectivity index (χ1n) is 10.0. The molecule has 0 aromatic heterocycles. The van der Waals surface area contributed by atoms with Crippen molar-refractivity contribution in [3.63, 3.8) is 0 Å². The fourth-order valence-corrected chi connectivity index (χ4v) is 5.32. The Bertz CT molecular complexity index is 1190. The summed E-state index contributed by atoms with van der Waals surface area (Å²) in [7, 11) is 0.281. The van der Waals surface area contributed by atoms with E-state index in [1.165, 1.54) is 28.3 Å². The molecular weight excluding hydrogens is 448 g/mol. The van der Waals surface area contributed by atoms with Crippen LogP contribution in [0.1, 0.15) is 23.6 Å². The van der Waals surface area contributed by atoms with Crippen LogP contribution in [0.3, 0.4) is 0 Å². The Morgan fingerprint density at radius 2 is 1.55 bits per heavy atom. The molecule has 33 heavy (non-hydrogen) atoms. The second-order valence-corrected chi connectivity index (χ2v) is 9.25. The highest BCUT2D eigenvalue weighted by atomic mass is 32.2. The van der Waals surface area contributed by atoms with Crippen molar-refractivity contribution >= 4 is 26.7 Å². The molecular formula is C23H26N2O7S. The Hall–Kier alpha value is -3.53. The highest BCUT2D eigenvalue weighted by Crippen LogP contribution is 2.38. The molecule has 0 aliphatic carbocycles. The zero-order chi connectivity index (χ0) is 24.3. The number of benzene rings is 2. The van der Waals surface area contributed by atoms with Crippen molar-refractivity contribution in [2.45, 2.75) is 20.4 Å². The van der Waals surface area contributed by atoms with Crippen molar-refractivity contribution in [3.8, 4) is 17.2 Å². The quantitative estimate of drug-likeness (QED) is 0.625. The molecule has 2 aromatic carbocycles. The molecule has 0 spiro atoms. The minimum atomic E-state index is -4.15. The van der Waals surface area contributed by atoms with Gasteiger partial charge in [0, 0.05) is 12.1 Å². The Balaban J connectivity index is 1.75. The number of nitrogens with zero attached hydrogens (tertiary/aromatic N) is 1. The Kier molecular flexibility index (Phi) is 6.97. The fraction of sp³-hybridized carbons (Fsp3) is 0.304. The molecule has 1 N–H and O–H groups in total. The van der Waals surface area contributed by atoms with Crippen molar-refractivity contribution in [3.05, 3.63) is 58.7 Å². The fourth-order valence-electron chi connectivity index (χ4n) is 3.55. The third-order valence-corrected chi connectivity index (χ3v) is 7.18. The maximum Gasteiger partial charge on any atom is 0.268 e. The van der Waals surface area contributed by atoms with Gasteiger partial charge in [-0.2, -0.15) is 0 Å². The Morgan fingerprint density at radius 1 is 0.970 bits per heavy atom. The summed E-state index contributed by atoms with van der Waals surface area (Å²) in [5.41, 5.74) is 2.09. The van der Waals surface area contributed by atoms with Crippen LogP contribution in [-0.4, -0.2) is 52.4 Å². The van der Waals surface area contributed by atoms with Crippen LogP contribution in [0.25, 0.3) is 4.91 Å². The smallest absolute Gasteiger partial charge is 0.268 e. The highest BCUT2D eigenvalue weighted by molar-refractivity contribution is 7.99. The maximum atomic E-state index is 13.1. The standard InChI is InChI=1S/C23H26N2O7S/c1-14-6-8-17(9-7-14)22-15(2)23(27)25(33(22,28)29)13-20(26)24-12-16-10-18(30-3)21(32-5)19(11-16)31-4/h6-11H,12-13H2,1-5H3,(H,24,26). The average Bonchev–Trinajstić information content (AvgIpc) is 2.96. The highest BCUT2D eigenvalue weighted by Gasteiger charge is 2.43. The predicted octanol–water partition coefficient (Wildman–Crippen LogP) is 2.24. The lowest BCUT2D eigenvalue weighted by molar-refractivity contribution is -0.128. The van der Waals surface area contributed by atoms with Gasteiger partial charge in [0.25, 0.3) is 15.9 Å². The number of amides is 2. The van der Waals surface area contributed by atoms with E-state index >= 15 is 0 Å². The van der Waals surface area contributed by atoms with E-state index in [0.717, 1.165) is 5.56 Å². The van der Waals surface area contributed by atoms with Gasteiger partial charge in [-0.25, -0.2) is 12.7 Å². The summed E-state index contributed by atoms with van der Waals surface area (Å²) in [4.78, 5) is 25.2. The minimum Gasteiger partial charge on any atom is -0.493 e. The number of sulfonamides is 1. The number of ether oxygens (including phenoxy) is 3. The van der Waals surface area contributed by atoms with Gasteiger partial charge in [0.05, 0.1) is 21.3 Å². The van der Waals surface area contributed by atoms with E-state index in [9.17, 15) is 18.0 Å². The summed E-state index contributed by atoms with van der Waals surface area (Å²) >= 11 is 0. The van der Waals surface area contributed by atoms with E-state index < -0.39 is 28.4 Å². The topological polar surface area (TPSA) is 111 Å². The molecule has 0 saturated heterocycles. The lowest BCUT2D eigenvalue weighted by Crippen LogP contribution is -2.40. The molecule has 0 bridgehead atoms. The number of hydrogen-bond acceptors (Lipinski definition) is 7. The first-order valence-corrected chi connectivity index (χ1v) is 11.5. The second-order valence-electron chi connectivity index (χ2n) is 7.45. The van der Waals surface area contributed by atoms with Crippen molar-refractivity contribution in [1.29, 1.82) is 0 Å². The largest absolute Gasteiger partial charge is 0.493 e. The molecule has 2 aromatic rings. The average molecular weight is 475 g/mol. The van der Waals surface area contributed by atoms with E-state index in [2.05, 4.69) is 5.32 Å². The molecule has 0 radical (unpaired) electrons. The van der Waals surface area contributed by atoms with Gasteiger partial charge in [-0.1, -0.05) is 29.8 Å². The van der Waals surface area contributed by atoms with Gasteiger partial charge in [-0.05, 0) is 37.1 Å². The summed E-state index contributed by atoms with van der Waals surface area (Å²) in [6, 6.07) is 10.2. The van der Waals surface area contributed by atoms with Crippen LogP contribution in [0.5, 0.6) is 17.2 Å². The van der Waals surface area contributed by atoms with Gasteiger partial charge in [-0.15, -0.1) is 0 Å². The van der Waals surface area contributed by atoms with Crippen LogP contribution >= 0.6 is 0 Å². The molecule has 1 aliphatic rings. The third-order valence-electron chi connectivity index (χ3n) is 5.25. The Labute approximate surface area is 193 Å². The first kappa shape index (κ1) is 24.1. The number of carbonyl (C=O) groups is 2. The monoisotopic (exact) mass is 474 g/mol. The SMILES string of the molecule is COc1cc(CNC(=O)CN2C(=O)C(C)=C(c3ccc(C)cc3)S2(=O)=O)cc(OC)c1OC. The first-order chi connectivity index (χ1) is 15.6. The number of rotatable bonds is 8. The normalized spacial score (nSPS) is 14.9. The zero-order valence-electron chi connectivity index (χ0n) is 19.1. The van der Waals surface area contributed by atoms with E-state index in [4.69, 9.17) is 14.2 Å². The van der Waals surface area contributed by atoms with Crippen molar-refractivity contribution in [1.82, 2.24) is 9.62 Å². The maximum absolute atomic E-state index is 13.1. The van der Waals surface area contributed by atoms with Gasteiger partial charge in [0.1, 0.15) is 11.4 Å². The van der Waals surface area contributed by atoms with E-state index in [0.29, 0.717) is 32.7 Å². The summed E-state index contributed by atoms with van der Waals surface area (Å²) in [5.74, 6) is -0.0944. The number of methoxy groups -OCH3 is 3. The third kappa shape index (κ3) is 4.65. The van der Waals surface area contributed by atoms with Gasteiger partial charge < -0.3 is 19.5 Å². The molecule has 3 rings (SSSR count). The van der Waals surface area contributed by atoms with Crippen LogP contribution in [0.2, 0.25) is 0 Å². The minimum absolute atomic E-state index is 0.0643. The molecule has 0 unspecified atom stereocenters. The molecule has 9 nitrogen and oxygen atoms in total. The van der Waals surface area contributed by atoms with Crippen LogP contribution in [-0.2, 0) is 26.2 Å².